The lowest BCUT2D eigenvalue weighted by atomic mass is 10.2. The first-order valence-electron chi connectivity index (χ1n) is 8.40. The molecule has 4 aromatic rings. The molecular formula is C19H15ClN6OS. The lowest BCUT2D eigenvalue weighted by molar-refractivity contribution is 0.251. The van der Waals surface area contributed by atoms with E-state index in [9.17, 15) is 4.79 Å². The van der Waals surface area contributed by atoms with E-state index >= 15 is 0 Å². The third-order valence-electron chi connectivity index (χ3n) is 3.82. The molecule has 28 heavy (non-hydrogen) atoms. The number of rotatable bonds is 5. The Balaban J connectivity index is 1.43. The number of hydrogen-bond acceptors (Lipinski definition) is 5. The molecule has 0 radical (unpaired) electrons. The van der Waals surface area contributed by atoms with Crippen molar-refractivity contribution in [3.05, 3.63) is 77.2 Å². The van der Waals surface area contributed by atoms with Gasteiger partial charge in [0.15, 0.2) is 5.82 Å². The number of aromatic nitrogens is 4. The minimum atomic E-state index is -0.344. The van der Waals surface area contributed by atoms with Crippen molar-refractivity contribution in [1.29, 1.82) is 0 Å². The maximum Gasteiger partial charge on any atom is 0.319 e. The van der Waals surface area contributed by atoms with E-state index in [1.54, 1.807) is 35.3 Å². The SMILES string of the molecule is O=C(NCc1cccc(-n2cccn2)n1)Nc1cccnc1-c1ccc(Cl)s1. The van der Waals surface area contributed by atoms with Gasteiger partial charge >= 0.3 is 6.03 Å². The summed E-state index contributed by atoms with van der Waals surface area (Å²) in [4.78, 5) is 22.1. The molecule has 0 unspecified atom stereocenters. The van der Waals surface area contributed by atoms with Crippen LogP contribution in [-0.2, 0) is 6.54 Å². The molecule has 0 atom stereocenters. The maximum atomic E-state index is 12.4. The fourth-order valence-corrected chi connectivity index (χ4v) is 3.63. The van der Waals surface area contributed by atoms with Crippen LogP contribution >= 0.6 is 22.9 Å². The molecule has 0 aliphatic rings. The normalized spacial score (nSPS) is 10.6. The van der Waals surface area contributed by atoms with Crippen molar-refractivity contribution in [2.24, 2.45) is 0 Å². The molecule has 9 heteroatoms. The highest BCUT2D eigenvalue weighted by Gasteiger charge is 2.11. The zero-order valence-corrected chi connectivity index (χ0v) is 16.1. The van der Waals surface area contributed by atoms with E-state index in [0.29, 0.717) is 21.5 Å². The van der Waals surface area contributed by atoms with Crippen LogP contribution in [0.25, 0.3) is 16.4 Å². The molecule has 0 aliphatic carbocycles. The second-order valence-electron chi connectivity index (χ2n) is 5.75. The Bertz CT molecular complexity index is 1100. The van der Waals surface area contributed by atoms with E-state index in [-0.39, 0.29) is 12.6 Å². The van der Waals surface area contributed by atoms with Crippen LogP contribution in [0.3, 0.4) is 0 Å². The molecule has 2 amide bonds. The van der Waals surface area contributed by atoms with Gasteiger partial charge in [0.2, 0.25) is 0 Å². The summed E-state index contributed by atoms with van der Waals surface area (Å²) in [6.45, 7) is 0.279. The summed E-state index contributed by atoms with van der Waals surface area (Å²) in [5.74, 6) is 0.689. The Labute approximate surface area is 170 Å². The van der Waals surface area contributed by atoms with E-state index < -0.39 is 0 Å². The molecular weight excluding hydrogens is 396 g/mol. The third-order valence-corrected chi connectivity index (χ3v) is 5.06. The van der Waals surface area contributed by atoms with Crippen molar-refractivity contribution in [1.82, 2.24) is 25.1 Å². The topological polar surface area (TPSA) is 84.7 Å². The standard InChI is InChI=1S/C19H15ClN6OS/c20-16-8-7-15(28-16)18-14(5-2-9-21-18)25-19(27)22-12-13-4-1-6-17(24-13)26-11-3-10-23-26/h1-11H,12H2,(H2,22,25,27). The largest absolute Gasteiger partial charge is 0.332 e. The van der Waals surface area contributed by atoms with Crippen LogP contribution < -0.4 is 10.6 Å². The lowest BCUT2D eigenvalue weighted by Gasteiger charge is -2.10. The number of carbonyl (C=O) groups excluding carboxylic acids is 1. The molecule has 0 saturated carbocycles. The monoisotopic (exact) mass is 410 g/mol. The second-order valence-corrected chi connectivity index (χ2v) is 7.46. The third kappa shape index (κ3) is 4.19. The Morgan fingerprint density at radius 3 is 2.82 bits per heavy atom. The first-order chi connectivity index (χ1) is 13.7. The molecule has 7 nitrogen and oxygen atoms in total. The van der Waals surface area contributed by atoms with Crippen LogP contribution in [-0.4, -0.2) is 25.8 Å². The number of thiophene rings is 1. The predicted molar refractivity (Wildman–Crippen MR) is 110 cm³/mol. The van der Waals surface area contributed by atoms with Gasteiger partial charge in [0, 0.05) is 18.6 Å². The first kappa shape index (κ1) is 18.1. The van der Waals surface area contributed by atoms with Crippen molar-refractivity contribution in [2.45, 2.75) is 6.54 Å². The molecule has 140 valence electrons. The quantitative estimate of drug-likeness (QED) is 0.511. The maximum absolute atomic E-state index is 12.4. The molecule has 0 fully saturated rings. The van der Waals surface area contributed by atoms with Gasteiger partial charge in [0.1, 0.15) is 5.69 Å². The van der Waals surface area contributed by atoms with Gasteiger partial charge < -0.3 is 10.6 Å². The number of urea groups is 1. The van der Waals surface area contributed by atoms with E-state index in [4.69, 9.17) is 11.6 Å². The van der Waals surface area contributed by atoms with E-state index in [1.165, 1.54) is 11.3 Å². The highest BCUT2D eigenvalue weighted by Crippen LogP contribution is 2.33. The number of halogens is 1. The second kappa shape index (κ2) is 8.20. The summed E-state index contributed by atoms with van der Waals surface area (Å²) < 4.78 is 2.33. The zero-order valence-electron chi connectivity index (χ0n) is 14.5. The fourth-order valence-electron chi connectivity index (χ4n) is 2.58. The fraction of sp³-hybridized carbons (Fsp3) is 0.0526. The number of amides is 2. The molecule has 0 aliphatic heterocycles. The smallest absolute Gasteiger partial charge is 0.319 e. The molecule has 0 spiro atoms. The molecule has 4 heterocycles. The number of carbonyl (C=O) groups is 1. The Hall–Kier alpha value is -3.23. The van der Waals surface area contributed by atoms with Crippen molar-refractivity contribution >= 4 is 34.7 Å². The summed E-state index contributed by atoms with van der Waals surface area (Å²) in [5, 5.41) is 9.81. The Kier molecular flexibility index (Phi) is 5.31. The first-order valence-corrected chi connectivity index (χ1v) is 9.60. The number of pyridine rings is 2. The molecule has 2 N–H and O–H groups in total. The van der Waals surface area contributed by atoms with Crippen LogP contribution in [0.15, 0.2) is 67.1 Å². The highest BCUT2D eigenvalue weighted by atomic mass is 35.5. The van der Waals surface area contributed by atoms with Crippen LogP contribution in [0.1, 0.15) is 5.69 Å². The zero-order chi connectivity index (χ0) is 19.3. The lowest BCUT2D eigenvalue weighted by Crippen LogP contribution is -2.29. The number of nitrogens with zero attached hydrogens (tertiary/aromatic N) is 4. The average Bonchev–Trinajstić information content (AvgIpc) is 3.39. The number of nitrogens with one attached hydrogen (secondary N) is 2. The summed E-state index contributed by atoms with van der Waals surface area (Å²) in [6.07, 6.45) is 5.18. The van der Waals surface area contributed by atoms with Crippen molar-refractivity contribution in [2.75, 3.05) is 5.32 Å². The molecule has 0 aromatic carbocycles. The molecule has 4 aromatic heterocycles. The summed E-state index contributed by atoms with van der Waals surface area (Å²) >= 11 is 7.42. The van der Waals surface area contributed by atoms with Crippen molar-refractivity contribution in [3.63, 3.8) is 0 Å². The van der Waals surface area contributed by atoms with Gasteiger partial charge in [0.25, 0.3) is 0 Å². The van der Waals surface area contributed by atoms with Crippen molar-refractivity contribution < 1.29 is 4.79 Å². The van der Waals surface area contributed by atoms with Gasteiger partial charge in [0.05, 0.1) is 27.1 Å². The van der Waals surface area contributed by atoms with Gasteiger partial charge in [-0.25, -0.2) is 14.5 Å². The minimum Gasteiger partial charge on any atom is -0.332 e. The summed E-state index contributed by atoms with van der Waals surface area (Å²) in [5.41, 5.74) is 2.00. The van der Waals surface area contributed by atoms with Crippen LogP contribution in [0.5, 0.6) is 0 Å². The van der Waals surface area contributed by atoms with Crippen LogP contribution in [0, 0.1) is 0 Å². The molecule has 0 saturated heterocycles. The number of anilines is 1. The van der Waals surface area contributed by atoms with E-state index in [1.807, 2.05) is 36.5 Å². The van der Waals surface area contributed by atoms with Crippen LogP contribution in [0.4, 0.5) is 10.5 Å². The van der Waals surface area contributed by atoms with Crippen LogP contribution in [0.2, 0.25) is 4.34 Å². The highest BCUT2D eigenvalue weighted by molar-refractivity contribution is 7.19. The number of hydrogen-bond donors (Lipinski definition) is 2. The van der Waals surface area contributed by atoms with E-state index in [2.05, 4.69) is 25.7 Å². The average molecular weight is 411 g/mol. The Morgan fingerprint density at radius 1 is 1.11 bits per heavy atom. The molecule has 4 rings (SSSR count). The summed E-state index contributed by atoms with van der Waals surface area (Å²) in [6, 6.07) is 14.3. The van der Waals surface area contributed by atoms with Crippen molar-refractivity contribution in [3.8, 4) is 16.4 Å². The van der Waals surface area contributed by atoms with Gasteiger partial charge in [-0.05, 0) is 42.5 Å². The van der Waals surface area contributed by atoms with Gasteiger partial charge in [-0.3, -0.25) is 4.98 Å². The van der Waals surface area contributed by atoms with Gasteiger partial charge in [-0.2, -0.15) is 5.10 Å². The Morgan fingerprint density at radius 2 is 2.04 bits per heavy atom. The summed E-state index contributed by atoms with van der Waals surface area (Å²) in [7, 11) is 0. The molecule has 0 bridgehead atoms. The minimum absolute atomic E-state index is 0.279. The van der Waals surface area contributed by atoms with Gasteiger partial charge in [-0.1, -0.05) is 17.7 Å². The van der Waals surface area contributed by atoms with E-state index in [0.717, 1.165) is 10.6 Å². The van der Waals surface area contributed by atoms with Gasteiger partial charge in [-0.15, -0.1) is 11.3 Å². The predicted octanol–water partition coefficient (Wildman–Crippen LogP) is 4.37.